The summed E-state index contributed by atoms with van der Waals surface area (Å²) in [7, 11) is 1.49. The van der Waals surface area contributed by atoms with Crippen molar-refractivity contribution in [2.24, 2.45) is 5.92 Å². The summed E-state index contributed by atoms with van der Waals surface area (Å²) < 4.78 is 17.9. The summed E-state index contributed by atoms with van der Waals surface area (Å²) in [6.45, 7) is 2.27. The molecule has 2 aliphatic rings. The fraction of sp³-hybridized carbons (Fsp3) is 0.643. The van der Waals surface area contributed by atoms with E-state index in [0.29, 0.717) is 45.3 Å². The number of methoxy groups -OCH3 is 1. The van der Waals surface area contributed by atoms with Crippen LogP contribution in [0.1, 0.15) is 51.0 Å². The van der Waals surface area contributed by atoms with E-state index in [4.69, 9.17) is 14.2 Å². The molecule has 1 fully saturated rings. The van der Waals surface area contributed by atoms with Gasteiger partial charge in [0.1, 0.15) is 18.8 Å². The highest BCUT2D eigenvalue weighted by Gasteiger charge is 2.41. The van der Waals surface area contributed by atoms with Crippen LogP contribution in [0.25, 0.3) is 0 Å². The van der Waals surface area contributed by atoms with Crippen molar-refractivity contribution in [3.8, 4) is 11.5 Å². The number of rotatable bonds is 13. The second-order valence-corrected chi connectivity index (χ2v) is 11.1. The van der Waals surface area contributed by atoms with Gasteiger partial charge in [0, 0.05) is 31.7 Å². The van der Waals surface area contributed by atoms with Crippen molar-refractivity contribution in [1.82, 2.24) is 10.2 Å². The van der Waals surface area contributed by atoms with Crippen LogP contribution in [0.3, 0.4) is 0 Å². The van der Waals surface area contributed by atoms with Crippen molar-refractivity contribution in [3.05, 3.63) is 32.9 Å². The number of nitrogens with one attached hydrogen (secondary N) is 1. The van der Waals surface area contributed by atoms with Gasteiger partial charge in [0.05, 0.1) is 29.9 Å². The fourth-order valence-corrected chi connectivity index (χ4v) is 6.03. The van der Waals surface area contributed by atoms with Crippen molar-refractivity contribution in [3.63, 3.8) is 0 Å². The van der Waals surface area contributed by atoms with E-state index in [9.17, 15) is 24.9 Å². The molecule has 0 radical (unpaired) electrons. The molecule has 1 aromatic carbocycles. The molecule has 3 rings (SSSR count). The first kappa shape index (κ1) is 31.6. The molecule has 218 valence electrons. The van der Waals surface area contributed by atoms with Crippen molar-refractivity contribution in [2.75, 3.05) is 40.0 Å². The highest BCUT2D eigenvalue weighted by Crippen LogP contribution is 2.37. The van der Waals surface area contributed by atoms with Gasteiger partial charge in [0.2, 0.25) is 11.8 Å². The Kier molecular flexibility index (Phi) is 12.8. The minimum atomic E-state index is -1.13. The normalized spacial score (nSPS) is 21.7. The monoisotopic (exact) mass is 660 g/mol. The number of amides is 2. The Morgan fingerprint density at radius 3 is 2.56 bits per heavy atom. The number of halogens is 1. The molecule has 10 nitrogen and oxygen atoms in total. The second-order valence-electron chi connectivity index (χ2n) is 9.97. The Morgan fingerprint density at radius 1 is 1.18 bits per heavy atom. The predicted molar refractivity (Wildman–Crippen MR) is 153 cm³/mol. The van der Waals surface area contributed by atoms with E-state index in [1.807, 2.05) is 6.92 Å². The molecule has 2 aliphatic carbocycles. The zero-order chi connectivity index (χ0) is 28.4. The molecule has 0 aromatic heterocycles. The first-order valence-corrected chi connectivity index (χ1v) is 14.7. The largest absolute Gasteiger partial charge is 0.493 e. The van der Waals surface area contributed by atoms with Gasteiger partial charge in [0.15, 0.2) is 11.5 Å². The van der Waals surface area contributed by atoms with Gasteiger partial charge in [-0.1, -0.05) is 19.3 Å². The van der Waals surface area contributed by atoms with Gasteiger partial charge in [0.25, 0.3) is 0 Å². The molecule has 11 heteroatoms. The van der Waals surface area contributed by atoms with Crippen LogP contribution in [-0.4, -0.2) is 90.3 Å². The maximum atomic E-state index is 13.4. The van der Waals surface area contributed by atoms with Crippen LogP contribution in [0.15, 0.2) is 23.8 Å². The third-order valence-electron chi connectivity index (χ3n) is 7.27. The van der Waals surface area contributed by atoms with Crippen LogP contribution < -0.4 is 14.8 Å². The van der Waals surface area contributed by atoms with Gasteiger partial charge in [-0.2, -0.15) is 0 Å². The van der Waals surface area contributed by atoms with Crippen LogP contribution in [0.5, 0.6) is 11.5 Å². The van der Waals surface area contributed by atoms with Crippen LogP contribution >= 0.6 is 22.6 Å². The highest BCUT2D eigenvalue weighted by atomic mass is 127. The first-order valence-electron chi connectivity index (χ1n) is 13.6. The topological polar surface area (TPSA) is 138 Å². The fourth-order valence-electron chi connectivity index (χ4n) is 5.24. The van der Waals surface area contributed by atoms with Crippen LogP contribution in [0, 0.1) is 9.49 Å². The van der Waals surface area contributed by atoms with Gasteiger partial charge in [-0.25, -0.2) is 0 Å². The Morgan fingerprint density at radius 2 is 1.92 bits per heavy atom. The molecule has 0 saturated heterocycles. The van der Waals surface area contributed by atoms with E-state index >= 15 is 0 Å². The lowest BCUT2D eigenvalue weighted by Gasteiger charge is -2.42. The molecule has 3 atom stereocenters. The molecule has 0 spiro atoms. The minimum Gasteiger partial charge on any atom is -0.493 e. The third kappa shape index (κ3) is 8.53. The number of aliphatic hydroxyl groups excluding tert-OH is 3. The smallest absolute Gasteiger partial charge is 0.248 e. The summed E-state index contributed by atoms with van der Waals surface area (Å²) in [5.74, 6) is 0.432. The summed E-state index contributed by atoms with van der Waals surface area (Å²) in [6.07, 6.45) is 5.03. The Bertz CT molecular complexity index is 998. The number of aliphatic hydroxyl groups is 3. The van der Waals surface area contributed by atoms with E-state index in [1.165, 1.54) is 13.5 Å². The number of ether oxygens (including phenoxy) is 3. The Balaban J connectivity index is 1.97. The van der Waals surface area contributed by atoms with E-state index in [0.717, 1.165) is 25.7 Å². The molecule has 0 bridgehead atoms. The number of hydrogen-bond acceptors (Lipinski definition) is 8. The Hall–Kier alpha value is -1.93. The van der Waals surface area contributed by atoms with Gasteiger partial charge in [-0.3, -0.25) is 9.59 Å². The van der Waals surface area contributed by atoms with E-state index in [1.54, 1.807) is 23.1 Å². The Labute approximate surface area is 243 Å². The van der Waals surface area contributed by atoms with E-state index in [2.05, 4.69) is 27.9 Å². The molecule has 39 heavy (non-hydrogen) atoms. The SMILES string of the molecule is CCOCC(=O)N(CC1CCCCC1)C1CC(C(=O)NCCO)=CC(Oc2c(I)cc(CO)cc2OC)C1O. The number of carbonyl (C=O) groups is 2. The first-order chi connectivity index (χ1) is 18.8. The molecule has 1 saturated carbocycles. The number of carbonyl (C=O) groups excluding carboxylic acids is 2. The van der Waals surface area contributed by atoms with Gasteiger partial charge in [-0.05, 0) is 72.0 Å². The lowest BCUT2D eigenvalue weighted by atomic mass is 9.85. The number of hydrogen-bond donors (Lipinski definition) is 4. The van der Waals surface area contributed by atoms with Crippen molar-refractivity contribution < 1.29 is 39.1 Å². The molecule has 3 unspecified atom stereocenters. The van der Waals surface area contributed by atoms with Crippen molar-refractivity contribution >= 4 is 34.4 Å². The van der Waals surface area contributed by atoms with Crippen LogP contribution in [-0.2, 0) is 20.9 Å². The molecule has 0 heterocycles. The average molecular weight is 661 g/mol. The second kappa shape index (κ2) is 15.8. The molecule has 1 aromatic rings. The summed E-state index contributed by atoms with van der Waals surface area (Å²) in [5, 5.41) is 33.1. The maximum Gasteiger partial charge on any atom is 0.248 e. The quantitative estimate of drug-likeness (QED) is 0.237. The average Bonchev–Trinajstić information content (AvgIpc) is 2.95. The van der Waals surface area contributed by atoms with Gasteiger partial charge < -0.3 is 39.7 Å². The summed E-state index contributed by atoms with van der Waals surface area (Å²) in [6, 6.07) is 2.69. The number of benzene rings is 1. The van der Waals surface area contributed by atoms with Crippen LogP contribution in [0.4, 0.5) is 0 Å². The predicted octanol–water partition coefficient (Wildman–Crippen LogP) is 2.15. The molecule has 0 aliphatic heterocycles. The third-order valence-corrected chi connectivity index (χ3v) is 8.07. The zero-order valence-electron chi connectivity index (χ0n) is 22.7. The van der Waals surface area contributed by atoms with E-state index < -0.39 is 18.2 Å². The molecule has 2 amide bonds. The zero-order valence-corrected chi connectivity index (χ0v) is 24.9. The summed E-state index contributed by atoms with van der Waals surface area (Å²) >= 11 is 2.07. The van der Waals surface area contributed by atoms with Gasteiger partial charge >= 0.3 is 0 Å². The van der Waals surface area contributed by atoms with Gasteiger partial charge in [-0.15, -0.1) is 0 Å². The minimum absolute atomic E-state index is 0.0817. The molecular weight excluding hydrogens is 619 g/mol. The molecule has 4 N–H and O–H groups in total. The summed E-state index contributed by atoms with van der Waals surface area (Å²) in [4.78, 5) is 28.1. The highest BCUT2D eigenvalue weighted by molar-refractivity contribution is 14.1. The van der Waals surface area contributed by atoms with Crippen molar-refractivity contribution in [2.45, 2.75) is 70.3 Å². The standard InChI is InChI=1S/C28H41IN2O8/c1-3-38-17-25(34)31(15-18-7-5-4-6-8-18)22-13-20(28(36)30-9-10-32)14-23(26(22)35)39-27-21(29)11-19(16-33)12-24(27)37-2/h11-12,14,18,22-23,26,32-33,35H,3-10,13,15-17H2,1-2H3,(H,30,36). The lowest BCUT2D eigenvalue weighted by molar-refractivity contribution is -0.144. The van der Waals surface area contributed by atoms with Crippen molar-refractivity contribution in [1.29, 1.82) is 0 Å². The number of nitrogens with zero attached hydrogens (tertiary/aromatic N) is 1. The molecular formula is C28H41IN2O8. The maximum absolute atomic E-state index is 13.4. The van der Waals surface area contributed by atoms with Crippen LogP contribution in [0.2, 0.25) is 0 Å². The van der Waals surface area contributed by atoms with E-state index in [-0.39, 0.29) is 44.6 Å². The summed E-state index contributed by atoms with van der Waals surface area (Å²) in [5.41, 5.74) is 1.01. The lowest BCUT2D eigenvalue weighted by Crippen LogP contribution is -2.56.